The summed E-state index contributed by atoms with van der Waals surface area (Å²) in [6.07, 6.45) is 1.27. The maximum atomic E-state index is 12.0. The average molecular weight is 387 g/mol. The second-order valence-corrected chi connectivity index (χ2v) is 8.16. The van der Waals surface area contributed by atoms with E-state index in [9.17, 15) is 4.79 Å². The first-order valence-corrected chi connectivity index (χ1v) is 9.57. The molecule has 3 heterocycles. The fourth-order valence-corrected chi connectivity index (χ4v) is 3.07. The van der Waals surface area contributed by atoms with Gasteiger partial charge in [-0.25, -0.2) is 9.78 Å². The van der Waals surface area contributed by atoms with Gasteiger partial charge in [-0.3, -0.25) is 5.10 Å². The normalized spacial score (nSPS) is 15.4. The summed E-state index contributed by atoms with van der Waals surface area (Å²) in [5.74, 6) is 2.12. The van der Waals surface area contributed by atoms with Gasteiger partial charge in [0.15, 0.2) is 5.82 Å². The number of anilines is 3. The van der Waals surface area contributed by atoms with Crippen LogP contribution in [0.4, 0.5) is 22.4 Å². The van der Waals surface area contributed by atoms with Gasteiger partial charge in [-0.1, -0.05) is 0 Å². The first-order valence-electron chi connectivity index (χ1n) is 9.57. The standard InChI is InChI=1S/C19H29N7O2/c1-12-10-15(22-16-11-13(2)24-25-16)23-17(20-12)26-8-6-14(7-9-26)21-18(27)28-19(3,4)5/h10-11,14H,6-9H2,1-5H3,(H,21,27)(H2,20,22,23,24,25). The van der Waals surface area contributed by atoms with Crippen LogP contribution in [0.3, 0.4) is 0 Å². The molecule has 2 aromatic rings. The molecule has 1 aliphatic rings. The zero-order chi connectivity index (χ0) is 20.3. The van der Waals surface area contributed by atoms with E-state index in [-0.39, 0.29) is 12.1 Å². The van der Waals surface area contributed by atoms with Crippen LogP contribution in [0.2, 0.25) is 0 Å². The van der Waals surface area contributed by atoms with E-state index in [2.05, 4.69) is 35.7 Å². The van der Waals surface area contributed by atoms with Crippen molar-refractivity contribution in [1.82, 2.24) is 25.5 Å². The minimum absolute atomic E-state index is 0.0977. The molecule has 0 bridgehead atoms. The molecule has 0 unspecified atom stereocenters. The maximum absolute atomic E-state index is 12.0. The molecule has 1 saturated heterocycles. The van der Waals surface area contributed by atoms with Gasteiger partial charge in [-0.05, 0) is 47.5 Å². The molecule has 0 radical (unpaired) electrons. The fourth-order valence-electron chi connectivity index (χ4n) is 3.07. The number of amides is 1. The molecule has 1 fully saturated rings. The summed E-state index contributed by atoms with van der Waals surface area (Å²) in [6.45, 7) is 11.0. The molecular formula is C19H29N7O2. The van der Waals surface area contributed by atoms with Gasteiger partial charge in [-0.15, -0.1) is 0 Å². The van der Waals surface area contributed by atoms with Crippen molar-refractivity contribution in [2.24, 2.45) is 0 Å². The Bertz CT molecular complexity index is 820. The van der Waals surface area contributed by atoms with Gasteiger partial charge >= 0.3 is 6.09 Å². The lowest BCUT2D eigenvalue weighted by atomic mass is 10.1. The van der Waals surface area contributed by atoms with Gasteiger partial charge in [0.2, 0.25) is 5.95 Å². The van der Waals surface area contributed by atoms with E-state index in [4.69, 9.17) is 4.74 Å². The van der Waals surface area contributed by atoms with E-state index in [1.54, 1.807) is 0 Å². The van der Waals surface area contributed by atoms with Gasteiger partial charge in [-0.2, -0.15) is 10.1 Å². The van der Waals surface area contributed by atoms with Crippen molar-refractivity contribution in [2.75, 3.05) is 23.3 Å². The third-order valence-corrected chi connectivity index (χ3v) is 4.30. The third-order valence-electron chi connectivity index (χ3n) is 4.30. The van der Waals surface area contributed by atoms with Gasteiger partial charge in [0, 0.05) is 42.7 Å². The highest BCUT2D eigenvalue weighted by Gasteiger charge is 2.25. The van der Waals surface area contributed by atoms with E-state index < -0.39 is 5.60 Å². The molecule has 1 aliphatic heterocycles. The van der Waals surface area contributed by atoms with E-state index in [1.165, 1.54) is 0 Å². The molecule has 3 rings (SSSR count). The van der Waals surface area contributed by atoms with Gasteiger partial charge in [0.1, 0.15) is 11.4 Å². The number of rotatable bonds is 4. The van der Waals surface area contributed by atoms with E-state index in [0.29, 0.717) is 11.8 Å². The fraction of sp³-hybridized carbons (Fsp3) is 0.579. The Kier molecular flexibility index (Phi) is 5.71. The summed E-state index contributed by atoms with van der Waals surface area (Å²) < 4.78 is 5.34. The first-order chi connectivity index (χ1) is 13.2. The van der Waals surface area contributed by atoms with Crippen molar-refractivity contribution in [1.29, 1.82) is 0 Å². The second-order valence-electron chi connectivity index (χ2n) is 8.16. The zero-order valence-corrected chi connectivity index (χ0v) is 17.2. The molecule has 3 N–H and O–H groups in total. The van der Waals surface area contributed by atoms with Crippen LogP contribution in [0.5, 0.6) is 0 Å². The lowest BCUT2D eigenvalue weighted by molar-refractivity contribution is 0.0497. The number of ether oxygens (including phenoxy) is 1. The molecule has 28 heavy (non-hydrogen) atoms. The Morgan fingerprint density at radius 3 is 2.50 bits per heavy atom. The largest absolute Gasteiger partial charge is 0.444 e. The number of aryl methyl sites for hydroxylation is 2. The van der Waals surface area contributed by atoms with Crippen molar-refractivity contribution >= 4 is 23.7 Å². The Labute approximate surface area is 165 Å². The van der Waals surface area contributed by atoms with Crippen LogP contribution < -0.4 is 15.5 Å². The molecule has 152 valence electrons. The highest BCUT2D eigenvalue weighted by atomic mass is 16.6. The predicted molar refractivity (Wildman–Crippen MR) is 108 cm³/mol. The molecule has 0 atom stereocenters. The van der Waals surface area contributed by atoms with Gasteiger partial charge < -0.3 is 20.3 Å². The van der Waals surface area contributed by atoms with E-state index in [0.717, 1.165) is 43.1 Å². The summed E-state index contributed by atoms with van der Waals surface area (Å²) in [4.78, 5) is 23.3. The number of aromatic nitrogens is 4. The van der Waals surface area contributed by atoms with Crippen molar-refractivity contribution in [3.05, 3.63) is 23.5 Å². The van der Waals surface area contributed by atoms with Crippen LogP contribution >= 0.6 is 0 Å². The molecular weight excluding hydrogens is 358 g/mol. The average Bonchev–Trinajstić information content (AvgIpc) is 2.98. The van der Waals surface area contributed by atoms with Gasteiger partial charge in [0.05, 0.1) is 0 Å². The summed E-state index contributed by atoms with van der Waals surface area (Å²) in [5.41, 5.74) is 1.37. The van der Waals surface area contributed by atoms with Crippen molar-refractivity contribution in [3.63, 3.8) is 0 Å². The van der Waals surface area contributed by atoms with Crippen LogP contribution in [-0.2, 0) is 4.74 Å². The smallest absolute Gasteiger partial charge is 0.407 e. The topological polar surface area (TPSA) is 108 Å². The second kappa shape index (κ2) is 8.04. The molecule has 2 aromatic heterocycles. The van der Waals surface area contributed by atoms with Crippen molar-refractivity contribution in [2.45, 2.75) is 59.1 Å². The Balaban J connectivity index is 1.58. The number of alkyl carbamates (subject to hydrolysis) is 1. The number of carbonyl (C=O) groups is 1. The lowest BCUT2D eigenvalue weighted by Crippen LogP contribution is -2.46. The molecule has 9 nitrogen and oxygen atoms in total. The first kappa shape index (κ1) is 19.9. The maximum Gasteiger partial charge on any atom is 0.407 e. The van der Waals surface area contributed by atoms with Crippen LogP contribution in [0.1, 0.15) is 45.0 Å². The lowest BCUT2D eigenvalue weighted by Gasteiger charge is -2.33. The Morgan fingerprint density at radius 2 is 1.89 bits per heavy atom. The van der Waals surface area contributed by atoms with Crippen LogP contribution in [0, 0.1) is 13.8 Å². The predicted octanol–water partition coefficient (Wildman–Crippen LogP) is 3.05. The number of nitrogens with one attached hydrogen (secondary N) is 3. The molecule has 1 amide bonds. The number of nitrogens with zero attached hydrogens (tertiary/aromatic N) is 4. The van der Waals surface area contributed by atoms with Crippen LogP contribution in [0.15, 0.2) is 12.1 Å². The minimum atomic E-state index is -0.490. The molecule has 9 heteroatoms. The molecule has 0 aromatic carbocycles. The number of aromatic amines is 1. The molecule has 0 saturated carbocycles. The van der Waals surface area contributed by atoms with Crippen LogP contribution in [0.25, 0.3) is 0 Å². The quantitative estimate of drug-likeness (QED) is 0.740. The number of hydrogen-bond donors (Lipinski definition) is 3. The summed E-state index contributed by atoms with van der Waals surface area (Å²) in [6, 6.07) is 3.91. The zero-order valence-electron chi connectivity index (χ0n) is 17.2. The highest BCUT2D eigenvalue weighted by Crippen LogP contribution is 2.21. The minimum Gasteiger partial charge on any atom is -0.444 e. The Hall–Kier alpha value is -2.84. The highest BCUT2D eigenvalue weighted by molar-refractivity contribution is 5.68. The summed E-state index contributed by atoms with van der Waals surface area (Å²) >= 11 is 0. The van der Waals surface area contributed by atoms with E-state index in [1.807, 2.05) is 46.8 Å². The van der Waals surface area contributed by atoms with Gasteiger partial charge in [0.25, 0.3) is 0 Å². The molecule has 0 aliphatic carbocycles. The van der Waals surface area contributed by atoms with Crippen molar-refractivity contribution < 1.29 is 9.53 Å². The van der Waals surface area contributed by atoms with Crippen molar-refractivity contribution in [3.8, 4) is 0 Å². The Morgan fingerprint density at radius 1 is 1.18 bits per heavy atom. The third kappa shape index (κ3) is 5.58. The summed E-state index contributed by atoms with van der Waals surface area (Å²) in [5, 5.41) is 13.2. The number of piperidine rings is 1. The summed E-state index contributed by atoms with van der Waals surface area (Å²) in [7, 11) is 0. The van der Waals surface area contributed by atoms with Crippen LogP contribution in [-0.4, -0.2) is 51.0 Å². The number of H-pyrrole nitrogens is 1. The van der Waals surface area contributed by atoms with E-state index >= 15 is 0 Å². The SMILES string of the molecule is Cc1cc(Nc2cc(C)[nH]n2)nc(N2CCC(NC(=O)OC(C)(C)C)CC2)n1. The monoisotopic (exact) mass is 387 g/mol. The number of carbonyl (C=O) groups excluding carboxylic acids is 1. The molecule has 0 spiro atoms. The number of hydrogen-bond acceptors (Lipinski definition) is 7.